The molecule has 2 aliphatic heterocycles. The largest absolute Gasteiger partial charge is 0.497 e. The van der Waals surface area contributed by atoms with E-state index in [1.807, 2.05) is 36.4 Å². The van der Waals surface area contributed by atoms with Crippen molar-refractivity contribution in [2.75, 3.05) is 38.2 Å². The second kappa shape index (κ2) is 10.9. The first-order chi connectivity index (χ1) is 17.2. The molecule has 0 bridgehead atoms. The Morgan fingerprint density at radius 1 is 0.914 bits per heavy atom. The average Bonchev–Trinajstić information content (AvgIpc) is 2.94. The van der Waals surface area contributed by atoms with Gasteiger partial charge in [-0.3, -0.25) is 4.79 Å². The minimum atomic E-state index is 0.0393. The van der Waals surface area contributed by atoms with Gasteiger partial charge in [-0.25, -0.2) is 0 Å². The van der Waals surface area contributed by atoms with Crippen LogP contribution in [-0.2, 0) is 11.2 Å². The third-order valence-electron chi connectivity index (χ3n) is 7.42. The molecule has 0 spiro atoms. The number of rotatable bonds is 6. The molecule has 0 saturated carbocycles. The SMILES string of the molecule is COc1ccc(-c2ccc(N3CCCC(C(=O)N4CCC(Cc5ccccc5)CC4)C3)nn2)cc1. The summed E-state index contributed by atoms with van der Waals surface area (Å²) in [5, 5.41) is 8.95. The topological polar surface area (TPSA) is 58.6 Å². The van der Waals surface area contributed by atoms with Gasteiger partial charge in [0.15, 0.2) is 5.82 Å². The number of benzene rings is 2. The molecular formula is C29H34N4O2. The second-order valence-electron chi connectivity index (χ2n) is 9.75. The molecule has 5 rings (SSSR count). The lowest BCUT2D eigenvalue weighted by molar-refractivity contribution is -0.137. The van der Waals surface area contributed by atoms with Crippen LogP contribution in [0.15, 0.2) is 66.7 Å². The molecule has 3 heterocycles. The van der Waals surface area contributed by atoms with Gasteiger partial charge in [0.05, 0.1) is 18.7 Å². The van der Waals surface area contributed by atoms with Crippen LogP contribution in [0.1, 0.15) is 31.2 Å². The van der Waals surface area contributed by atoms with Gasteiger partial charge in [0, 0.05) is 31.7 Å². The van der Waals surface area contributed by atoms with Crippen LogP contribution in [0.4, 0.5) is 5.82 Å². The molecule has 182 valence electrons. The van der Waals surface area contributed by atoms with Gasteiger partial charge < -0.3 is 14.5 Å². The maximum Gasteiger partial charge on any atom is 0.227 e. The van der Waals surface area contributed by atoms with Crippen LogP contribution in [-0.4, -0.2) is 54.3 Å². The summed E-state index contributed by atoms with van der Waals surface area (Å²) in [5.74, 6) is 2.70. The van der Waals surface area contributed by atoms with Crippen molar-refractivity contribution in [1.82, 2.24) is 15.1 Å². The normalized spacial score (nSPS) is 18.9. The van der Waals surface area contributed by atoms with Crippen molar-refractivity contribution in [2.45, 2.75) is 32.1 Å². The number of anilines is 1. The van der Waals surface area contributed by atoms with Crippen LogP contribution in [0.3, 0.4) is 0 Å². The lowest BCUT2D eigenvalue weighted by atomic mass is 9.89. The molecule has 2 aliphatic rings. The molecule has 2 fully saturated rings. The highest BCUT2D eigenvalue weighted by Crippen LogP contribution is 2.28. The summed E-state index contributed by atoms with van der Waals surface area (Å²) in [4.78, 5) is 17.7. The van der Waals surface area contributed by atoms with E-state index in [1.54, 1.807) is 7.11 Å². The third kappa shape index (κ3) is 5.64. The van der Waals surface area contributed by atoms with E-state index in [2.05, 4.69) is 50.3 Å². The minimum absolute atomic E-state index is 0.0393. The van der Waals surface area contributed by atoms with E-state index < -0.39 is 0 Å². The van der Waals surface area contributed by atoms with E-state index >= 15 is 0 Å². The summed E-state index contributed by atoms with van der Waals surface area (Å²) in [6.45, 7) is 3.39. The minimum Gasteiger partial charge on any atom is -0.497 e. The fraction of sp³-hybridized carbons (Fsp3) is 0.414. The van der Waals surface area contributed by atoms with Crippen molar-refractivity contribution in [1.29, 1.82) is 0 Å². The number of carbonyl (C=O) groups is 1. The van der Waals surface area contributed by atoms with Gasteiger partial charge in [-0.1, -0.05) is 30.3 Å². The van der Waals surface area contributed by atoms with E-state index in [9.17, 15) is 4.79 Å². The smallest absolute Gasteiger partial charge is 0.227 e. The van der Waals surface area contributed by atoms with Crippen molar-refractivity contribution in [3.05, 3.63) is 72.3 Å². The summed E-state index contributed by atoms with van der Waals surface area (Å²) in [5.41, 5.74) is 3.24. The van der Waals surface area contributed by atoms with Gasteiger partial charge in [0.2, 0.25) is 5.91 Å². The first-order valence-electron chi connectivity index (χ1n) is 12.8. The molecule has 0 radical (unpaired) electrons. The number of likely N-dealkylation sites (tertiary alicyclic amines) is 1. The van der Waals surface area contributed by atoms with Crippen LogP contribution >= 0.6 is 0 Å². The molecule has 2 aromatic carbocycles. The highest BCUT2D eigenvalue weighted by molar-refractivity contribution is 5.80. The van der Waals surface area contributed by atoms with Crippen molar-refractivity contribution < 1.29 is 9.53 Å². The summed E-state index contributed by atoms with van der Waals surface area (Å²) in [6.07, 6.45) is 5.26. The third-order valence-corrected chi connectivity index (χ3v) is 7.42. The van der Waals surface area contributed by atoms with Crippen molar-refractivity contribution >= 4 is 11.7 Å². The molecule has 1 aromatic heterocycles. The van der Waals surface area contributed by atoms with Crippen LogP contribution in [0.5, 0.6) is 5.75 Å². The molecular weight excluding hydrogens is 436 g/mol. The maximum atomic E-state index is 13.3. The molecule has 0 aliphatic carbocycles. The Hall–Kier alpha value is -3.41. The van der Waals surface area contributed by atoms with Gasteiger partial charge in [0.1, 0.15) is 5.75 Å². The highest BCUT2D eigenvalue weighted by Gasteiger charge is 2.32. The van der Waals surface area contributed by atoms with Crippen molar-refractivity contribution in [3.63, 3.8) is 0 Å². The lowest BCUT2D eigenvalue weighted by Gasteiger charge is -2.38. The van der Waals surface area contributed by atoms with E-state index in [0.29, 0.717) is 11.8 Å². The number of amides is 1. The molecule has 6 heteroatoms. The van der Waals surface area contributed by atoms with Gasteiger partial charge >= 0.3 is 0 Å². The van der Waals surface area contributed by atoms with Gasteiger partial charge in [0.25, 0.3) is 0 Å². The number of hydrogen-bond donors (Lipinski definition) is 0. The highest BCUT2D eigenvalue weighted by atomic mass is 16.5. The van der Waals surface area contributed by atoms with Crippen molar-refractivity contribution in [3.8, 4) is 17.0 Å². The first kappa shape index (κ1) is 23.3. The number of hydrogen-bond acceptors (Lipinski definition) is 5. The Labute approximate surface area is 207 Å². The monoisotopic (exact) mass is 470 g/mol. The molecule has 6 nitrogen and oxygen atoms in total. The Bertz CT molecular complexity index is 1090. The number of carbonyl (C=O) groups excluding carboxylic acids is 1. The predicted molar refractivity (Wildman–Crippen MR) is 138 cm³/mol. The number of aromatic nitrogens is 2. The summed E-state index contributed by atoms with van der Waals surface area (Å²) in [7, 11) is 1.66. The lowest BCUT2D eigenvalue weighted by Crippen LogP contribution is -2.47. The maximum absolute atomic E-state index is 13.3. The summed E-state index contributed by atoms with van der Waals surface area (Å²) < 4.78 is 5.23. The molecule has 0 N–H and O–H groups in total. The molecule has 2 saturated heterocycles. The molecule has 1 amide bonds. The molecule has 1 atom stereocenters. The van der Waals surface area contributed by atoms with E-state index in [-0.39, 0.29) is 5.92 Å². The van der Waals surface area contributed by atoms with Gasteiger partial charge in [-0.05, 0) is 80.0 Å². The summed E-state index contributed by atoms with van der Waals surface area (Å²) >= 11 is 0. The summed E-state index contributed by atoms with van der Waals surface area (Å²) in [6, 6.07) is 22.6. The fourth-order valence-electron chi connectivity index (χ4n) is 5.36. The first-order valence-corrected chi connectivity index (χ1v) is 12.8. The second-order valence-corrected chi connectivity index (χ2v) is 9.75. The average molecular weight is 471 g/mol. The molecule has 1 unspecified atom stereocenters. The van der Waals surface area contributed by atoms with E-state index in [0.717, 1.165) is 81.1 Å². The fourth-order valence-corrected chi connectivity index (χ4v) is 5.36. The Balaban J connectivity index is 1.15. The zero-order chi connectivity index (χ0) is 24.0. The zero-order valence-corrected chi connectivity index (χ0v) is 20.5. The van der Waals surface area contributed by atoms with E-state index in [4.69, 9.17) is 4.74 Å². The van der Waals surface area contributed by atoms with Crippen LogP contribution < -0.4 is 9.64 Å². The molecule has 3 aromatic rings. The van der Waals surface area contributed by atoms with Gasteiger partial charge in [-0.2, -0.15) is 0 Å². The van der Waals surface area contributed by atoms with Crippen molar-refractivity contribution in [2.24, 2.45) is 11.8 Å². The number of piperidine rings is 2. The quantitative estimate of drug-likeness (QED) is 0.515. The number of methoxy groups -OCH3 is 1. The Morgan fingerprint density at radius 2 is 1.69 bits per heavy atom. The zero-order valence-electron chi connectivity index (χ0n) is 20.5. The molecule has 35 heavy (non-hydrogen) atoms. The van der Waals surface area contributed by atoms with Crippen LogP contribution in [0.25, 0.3) is 11.3 Å². The predicted octanol–water partition coefficient (Wildman–Crippen LogP) is 4.85. The number of ether oxygens (including phenoxy) is 1. The Morgan fingerprint density at radius 3 is 2.37 bits per heavy atom. The van der Waals surface area contributed by atoms with Gasteiger partial charge in [-0.15, -0.1) is 10.2 Å². The van der Waals surface area contributed by atoms with E-state index in [1.165, 1.54) is 5.56 Å². The van der Waals surface area contributed by atoms with Crippen LogP contribution in [0.2, 0.25) is 0 Å². The Kier molecular flexibility index (Phi) is 7.26. The number of nitrogens with zero attached hydrogens (tertiary/aromatic N) is 4. The van der Waals surface area contributed by atoms with Crippen LogP contribution in [0, 0.1) is 11.8 Å². The standard InChI is InChI=1S/C29H34N4O2/c1-35-26-11-9-24(10-12-26)27-13-14-28(31-30-27)33-17-5-8-25(21-33)29(34)32-18-15-23(16-19-32)20-22-6-3-2-4-7-22/h2-4,6-7,9-14,23,25H,5,8,15-21H2,1H3.